The van der Waals surface area contributed by atoms with Gasteiger partial charge in [0.1, 0.15) is 0 Å². The highest BCUT2D eigenvalue weighted by atomic mass is 32.1. The summed E-state index contributed by atoms with van der Waals surface area (Å²) < 4.78 is 0. The zero-order valence-electron chi connectivity index (χ0n) is 9.50. The molecular weight excluding hydrogens is 236 g/mol. The zero-order valence-corrected chi connectivity index (χ0v) is 10.3. The highest BCUT2D eigenvalue weighted by Gasteiger charge is 2.10. The summed E-state index contributed by atoms with van der Waals surface area (Å²) in [5, 5.41) is 12.4. The second-order valence-corrected chi connectivity index (χ2v) is 4.75. The van der Waals surface area contributed by atoms with Crippen molar-refractivity contribution in [3.8, 4) is 0 Å². The van der Waals surface area contributed by atoms with Gasteiger partial charge in [-0.25, -0.2) is 9.97 Å². The van der Waals surface area contributed by atoms with Gasteiger partial charge in [-0.2, -0.15) is 0 Å². The third-order valence-corrected chi connectivity index (χ3v) is 3.07. The average molecular weight is 250 g/mol. The lowest BCUT2D eigenvalue weighted by Crippen LogP contribution is -2.27. The molecule has 1 atom stereocenters. The maximum absolute atomic E-state index is 9.31. The Morgan fingerprint density at radius 2 is 2.12 bits per heavy atom. The molecule has 2 N–H and O–H groups in total. The van der Waals surface area contributed by atoms with E-state index < -0.39 is 0 Å². The van der Waals surface area contributed by atoms with Crippen LogP contribution in [0.4, 0.5) is 5.95 Å². The van der Waals surface area contributed by atoms with Gasteiger partial charge >= 0.3 is 0 Å². The van der Waals surface area contributed by atoms with Crippen LogP contribution < -0.4 is 5.32 Å². The van der Waals surface area contributed by atoms with Crippen molar-refractivity contribution in [1.29, 1.82) is 0 Å². The molecule has 0 aliphatic rings. The fraction of sp³-hybridized carbons (Fsp3) is 0.364. The first-order valence-corrected chi connectivity index (χ1v) is 6.19. The Morgan fingerprint density at radius 3 is 2.71 bits per heavy atom. The highest BCUT2D eigenvalue weighted by molar-refractivity contribution is 7.09. The first-order chi connectivity index (χ1) is 8.28. The summed E-state index contributed by atoms with van der Waals surface area (Å²) in [7, 11) is 0. The third-order valence-electron chi connectivity index (χ3n) is 2.27. The molecule has 0 bridgehead atoms. The number of aryl methyl sites for hydroxylation is 1. The molecule has 2 aromatic rings. The lowest BCUT2D eigenvalue weighted by atomic mass is 10.2. The van der Waals surface area contributed by atoms with Crippen molar-refractivity contribution in [3.05, 3.63) is 34.5 Å². The molecule has 2 rings (SSSR count). The Bertz CT molecular complexity index is 443. The summed E-state index contributed by atoms with van der Waals surface area (Å²) in [6.45, 7) is 1.97. The SMILES string of the molecule is Cc1cnc(N[C@@H](CO)Cc2cncs2)nc1. The molecule has 0 fully saturated rings. The van der Waals surface area contributed by atoms with E-state index in [1.165, 1.54) is 0 Å². The molecule has 0 saturated heterocycles. The van der Waals surface area contributed by atoms with E-state index in [9.17, 15) is 5.11 Å². The minimum atomic E-state index is -0.0850. The maximum Gasteiger partial charge on any atom is 0.222 e. The predicted octanol–water partition coefficient (Wildman–Crippen LogP) is 1.26. The Labute approximate surface area is 104 Å². The van der Waals surface area contributed by atoms with E-state index in [2.05, 4.69) is 20.3 Å². The molecule has 90 valence electrons. The molecule has 0 aliphatic carbocycles. The molecule has 0 radical (unpaired) electrons. The van der Waals surface area contributed by atoms with Crippen LogP contribution in [-0.2, 0) is 6.42 Å². The molecule has 0 aromatic carbocycles. The number of hydrogen-bond donors (Lipinski definition) is 2. The Morgan fingerprint density at radius 1 is 1.35 bits per heavy atom. The van der Waals surface area contributed by atoms with Crippen LogP contribution in [0, 0.1) is 6.92 Å². The fourth-order valence-electron chi connectivity index (χ4n) is 1.40. The van der Waals surface area contributed by atoms with Gasteiger partial charge in [0.15, 0.2) is 0 Å². The second-order valence-electron chi connectivity index (χ2n) is 3.78. The first kappa shape index (κ1) is 11.9. The van der Waals surface area contributed by atoms with Crippen LogP contribution in [0.2, 0.25) is 0 Å². The van der Waals surface area contributed by atoms with Crippen LogP contribution in [0.25, 0.3) is 0 Å². The Hall–Kier alpha value is -1.53. The summed E-state index contributed by atoms with van der Waals surface area (Å²) >= 11 is 1.58. The summed E-state index contributed by atoms with van der Waals surface area (Å²) in [6, 6.07) is -0.0850. The fourth-order valence-corrected chi connectivity index (χ4v) is 2.07. The predicted molar refractivity (Wildman–Crippen MR) is 67.1 cm³/mol. The summed E-state index contributed by atoms with van der Waals surface area (Å²) in [4.78, 5) is 13.4. The Kier molecular flexibility index (Phi) is 4.00. The van der Waals surface area contributed by atoms with Crippen LogP contribution in [-0.4, -0.2) is 32.7 Å². The van der Waals surface area contributed by atoms with Crippen molar-refractivity contribution >= 4 is 17.3 Å². The van der Waals surface area contributed by atoms with E-state index in [1.807, 2.05) is 13.1 Å². The number of rotatable bonds is 5. The summed E-state index contributed by atoms with van der Waals surface area (Å²) in [5.74, 6) is 0.541. The van der Waals surface area contributed by atoms with Crippen molar-refractivity contribution in [3.63, 3.8) is 0 Å². The largest absolute Gasteiger partial charge is 0.394 e. The van der Waals surface area contributed by atoms with Gasteiger partial charge in [0.05, 0.1) is 18.2 Å². The van der Waals surface area contributed by atoms with Gasteiger partial charge in [-0.05, 0) is 12.5 Å². The summed E-state index contributed by atoms with van der Waals surface area (Å²) in [6.07, 6.45) is 6.02. The van der Waals surface area contributed by atoms with Crippen molar-refractivity contribution in [2.75, 3.05) is 11.9 Å². The number of thiazole rings is 1. The minimum absolute atomic E-state index is 0.0368. The first-order valence-electron chi connectivity index (χ1n) is 5.31. The number of aliphatic hydroxyl groups is 1. The molecule has 0 aliphatic heterocycles. The van der Waals surface area contributed by atoms with Crippen LogP contribution in [0.5, 0.6) is 0 Å². The lowest BCUT2D eigenvalue weighted by molar-refractivity contribution is 0.273. The molecule has 0 spiro atoms. The van der Waals surface area contributed by atoms with E-state index in [0.717, 1.165) is 16.9 Å². The molecule has 17 heavy (non-hydrogen) atoms. The van der Waals surface area contributed by atoms with Crippen molar-refractivity contribution in [2.45, 2.75) is 19.4 Å². The second kappa shape index (κ2) is 5.70. The molecular formula is C11H14N4OS. The maximum atomic E-state index is 9.31. The molecule has 2 heterocycles. The van der Waals surface area contributed by atoms with E-state index in [-0.39, 0.29) is 12.6 Å². The third kappa shape index (κ3) is 3.47. The standard InChI is InChI=1S/C11H14N4OS/c1-8-3-13-11(14-4-8)15-9(6-16)2-10-5-12-7-17-10/h3-5,7,9,16H,2,6H2,1H3,(H,13,14,15)/t9-/m1/s1. The van der Waals surface area contributed by atoms with Gasteiger partial charge in [-0.3, -0.25) is 4.98 Å². The molecule has 0 unspecified atom stereocenters. The quantitative estimate of drug-likeness (QED) is 0.836. The minimum Gasteiger partial charge on any atom is -0.394 e. The van der Waals surface area contributed by atoms with Crippen molar-refractivity contribution in [2.24, 2.45) is 0 Å². The summed E-state index contributed by atoms with van der Waals surface area (Å²) in [5.41, 5.74) is 2.80. The smallest absolute Gasteiger partial charge is 0.222 e. The van der Waals surface area contributed by atoms with Gasteiger partial charge in [-0.15, -0.1) is 11.3 Å². The van der Waals surface area contributed by atoms with Crippen LogP contribution in [0.15, 0.2) is 24.1 Å². The van der Waals surface area contributed by atoms with E-state index in [1.54, 1.807) is 29.2 Å². The van der Waals surface area contributed by atoms with E-state index in [0.29, 0.717) is 5.95 Å². The molecule has 5 nitrogen and oxygen atoms in total. The normalized spacial score (nSPS) is 12.4. The number of hydrogen-bond acceptors (Lipinski definition) is 6. The number of anilines is 1. The van der Waals surface area contributed by atoms with Gasteiger partial charge in [0, 0.05) is 29.9 Å². The number of aromatic nitrogens is 3. The van der Waals surface area contributed by atoms with Crippen LogP contribution >= 0.6 is 11.3 Å². The van der Waals surface area contributed by atoms with E-state index in [4.69, 9.17) is 0 Å². The Balaban J connectivity index is 1.97. The highest BCUT2D eigenvalue weighted by Crippen LogP contribution is 2.11. The average Bonchev–Trinajstić information content (AvgIpc) is 2.84. The topological polar surface area (TPSA) is 70.9 Å². The van der Waals surface area contributed by atoms with E-state index >= 15 is 0 Å². The van der Waals surface area contributed by atoms with Gasteiger partial charge in [-0.1, -0.05) is 0 Å². The van der Waals surface area contributed by atoms with Gasteiger partial charge in [0.25, 0.3) is 0 Å². The van der Waals surface area contributed by atoms with Crippen LogP contribution in [0.1, 0.15) is 10.4 Å². The number of aliphatic hydroxyl groups excluding tert-OH is 1. The monoisotopic (exact) mass is 250 g/mol. The zero-order chi connectivity index (χ0) is 12.1. The molecule has 0 amide bonds. The molecule has 6 heteroatoms. The van der Waals surface area contributed by atoms with Gasteiger partial charge in [0.2, 0.25) is 5.95 Å². The van der Waals surface area contributed by atoms with Crippen LogP contribution in [0.3, 0.4) is 0 Å². The van der Waals surface area contributed by atoms with Gasteiger partial charge < -0.3 is 10.4 Å². The van der Waals surface area contributed by atoms with Crippen molar-refractivity contribution in [1.82, 2.24) is 15.0 Å². The lowest BCUT2D eigenvalue weighted by Gasteiger charge is -2.14. The number of nitrogens with one attached hydrogen (secondary N) is 1. The van der Waals surface area contributed by atoms with Crippen molar-refractivity contribution < 1.29 is 5.11 Å². The molecule has 0 saturated carbocycles. The molecule has 2 aromatic heterocycles. The number of nitrogens with zero attached hydrogens (tertiary/aromatic N) is 3.